The van der Waals surface area contributed by atoms with Crippen LogP contribution in [0.4, 0.5) is 0 Å². The molecule has 17 heavy (non-hydrogen) atoms. The van der Waals surface area contributed by atoms with Crippen LogP contribution in [0.25, 0.3) is 0 Å². The fourth-order valence-corrected chi connectivity index (χ4v) is 1.82. The van der Waals surface area contributed by atoms with Crippen molar-refractivity contribution in [1.29, 1.82) is 0 Å². The first-order valence-corrected chi connectivity index (χ1v) is 6.10. The van der Waals surface area contributed by atoms with E-state index in [0.29, 0.717) is 19.8 Å². The minimum Gasteiger partial charge on any atom is -0.381 e. The molecule has 100 valence electrons. The summed E-state index contributed by atoms with van der Waals surface area (Å²) in [5, 5.41) is 2.86. The minimum atomic E-state index is -0.381. The molecule has 1 aliphatic rings. The van der Waals surface area contributed by atoms with Gasteiger partial charge in [-0.2, -0.15) is 0 Å². The number of amides is 1. The summed E-state index contributed by atoms with van der Waals surface area (Å²) in [6.07, 6.45) is 1.51. The van der Waals surface area contributed by atoms with Gasteiger partial charge in [-0.1, -0.05) is 0 Å². The van der Waals surface area contributed by atoms with Crippen molar-refractivity contribution in [3.63, 3.8) is 0 Å². The summed E-state index contributed by atoms with van der Waals surface area (Å²) in [6, 6.07) is 0. The van der Waals surface area contributed by atoms with E-state index >= 15 is 0 Å². The van der Waals surface area contributed by atoms with Crippen molar-refractivity contribution in [2.24, 2.45) is 5.73 Å². The van der Waals surface area contributed by atoms with Gasteiger partial charge in [0.2, 0.25) is 5.91 Å². The van der Waals surface area contributed by atoms with Crippen LogP contribution >= 0.6 is 0 Å². The van der Waals surface area contributed by atoms with Crippen LogP contribution in [0.1, 0.15) is 33.6 Å². The van der Waals surface area contributed by atoms with Crippen LogP contribution in [0, 0.1) is 0 Å². The second kappa shape index (κ2) is 5.80. The van der Waals surface area contributed by atoms with Gasteiger partial charge in [-0.15, -0.1) is 0 Å². The molecule has 1 saturated heterocycles. The van der Waals surface area contributed by atoms with Crippen molar-refractivity contribution < 1.29 is 14.3 Å². The maximum absolute atomic E-state index is 11.7. The molecule has 0 atom stereocenters. The highest BCUT2D eigenvalue weighted by molar-refractivity contribution is 5.77. The minimum absolute atomic E-state index is 0.0640. The van der Waals surface area contributed by atoms with Crippen molar-refractivity contribution in [2.45, 2.75) is 44.8 Å². The Balaban J connectivity index is 2.39. The molecule has 0 aliphatic carbocycles. The third kappa shape index (κ3) is 5.02. The highest BCUT2D eigenvalue weighted by atomic mass is 16.5. The van der Waals surface area contributed by atoms with Gasteiger partial charge < -0.3 is 20.5 Å². The second-order valence-electron chi connectivity index (χ2n) is 5.59. The molecule has 1 aliphatic heterocycles. The van der Waals surface area contributed by atoms with Crippen molar-refractivity contribution >= 4 is 5.91 Å². The molecular formula is C12H24N2O3. The van der Waals surface area contributed by atoms with Crippen LogP contribution in [0.5, 0.6) is 0 Å². The van der Waals surface area contributed by atoms with E-state index in [1.165, 1.54) is 0 Å². The zero-order valence-electron chi connectivity index (χ0n) is 11.0. The molecule has 0 aromatic heterocycles. The smallest absolute Gasteiger partial charge is 0.246 e. The van der Waals surface area contributed by atoms with Gasteiger partial charge in [-0.25, -0.2) is 0 Å². The van der Waals surface area contributed by atoms with Gasteiger partial charge >= 0.3 is 0 Å². The molecule has 0 saturated carbocycles. The first-order chi connectivity index (χ1) is 7.87. The average molecular weight is 244 g/mol. The molecule has 3 N–H and O–H groups in total. The lowest BCUT2D eigenvalue weighted by Crippen LogP contribution is -2.49. The Morgan fingerprint density at radius 3 is 2.47 bits per heavy atom. The highest BCUT2D eigenvalue weighted by Gasteiger charge is 2.33. The summed E-state index contributed by atoms with van der Waals surface area (Å²) in [6.45, 7) is 7.62. The van der Waals surface area contributed by atoms with E-state index in [2.05, 4.69) is 5.32 Å². The molecule has 0 unspecified atom stereocenters. The summed E-state index contributed by atoms with van der Waals surface area (Å²) in [5.74, 6) is -0.100. The number of ether oxygens (including phenoxy) is 2. The molecule has 0 aromatic rings. The van der Waals surface area contributed by atoms with E-state index in [4.69, 9.17) is 15.2 Å². The fraction of sp³-hybridized carbons (Fsp3) is 0.917. The van der Waals surface area contributed by atoms with Crippen LogP contribution in [0.2, 0.25) is 0 Å². The summed E-state index contributed by atoms with van der Waals surface area (Å²) in [5.41, 5.74) is 5.13. The molecule has 1 heterocycles. The number of hydrogen-bond acceptors (Lipinski definition) is 4. The number of nitrogens with one attached hydrogen (secondary N) is 1. The standard InChI is InChI=1S/C12H24N2O3/c1-11(2,3)14-10(15)8-17-12(9-13)4-6-16-7-5-12/h4-9,13H2,1-3H3,(H,14,15). The van der Waals surface area contributed by atoms with Crippen LogP contribution in [0.3, 0.4) is 0 Å². The van der Waals surface area contributed by atoms with Crippen LogP contribution in [-0.2, 0) is 14.3 Å². The molecule has 5 nitrogen and oxygen atoms in total. The van der Waals surface area contributed by atoms with Crippen LogP contribution < -0.4 is 11.1 Å². The Labute approximate surface area is 103 Å². The van der Waals surface area contributed by atoms with Gasteiger partial charge in [0.05, 0.1) is 5.60 Å². The van der Waals surface area contributed by atoms with Gasteiger partial charge in [-0.3, -0.25) is 4.79 Å². The largest absolute Gasteiger partial charge is 0.381 e. The predicted octanol–water partition coefficient (Wildman–Crippen LogP) is 0.426. The number of nitrogens with two attached hydrogens (primary N) is 1. The van der Waals surface area contributed by atoms with E-state index in [-0.39, 0.29) is 23.7 Å². The molecule has 1 amide bonds. The number of carbonyl (C=O) groups is 1. The van der Waals surface area contributed by atoms with Crippen LogP contribution in [-0.4, -0.2) is 43.4 Å². The number of hydrogen-bond donors (Lipinski definition) is 2. The SMILES string of the molecule is CC(C)(C)NC(=O)COC1(CN)CCOCC1. The van der Waals surface area contributed by atoms with Gasteiger partial charge in [0.1, 0.15) is 6.61 Å². The zero-order valence-corrected chi connectivity index (χ0v) is 11.0. The summed E-state index contributed by atoms with van der Waals surface area (Å²) < 4.78 is 11.0. The first-order valence-electron chi connectivity index (χ1n) is 6.10. The quantitative estimate of drug-likeness (QED) is 0.752. The average Bonchev–Trinajstić information content (AvgIpc) is 2.25. The summed E-state index contributed by atoms with van der Waals surface area (Å²) in [7, 11) is 0. The lowest BCUT2D eigenvalue weighted by molar-refractivity contribution is -0.142. The Morgan fingerprint density at radius 2 is 2.00 bits per heavy atom. The van der Waals surface area contributed by atoms with Gasteiger partial charge in [0.15, 0.2) is 0 Å². The Kier molecular flexibility index (Phi) is 4.91. The van der Waals surface area contributed by atoms with E-state index in [1.54, 1.807) is 0 Å². The van der Waals surface area contributed by atoms with Crippen molar-refractivity contribution in [1.82, 2.24) is 5.32 Å². The topological polar surface area (TPSA) is 73.6 Å². The van der Waals surface area contributed by atoms with Crippen molar-refractivity contribution in [2.75, 3.05) is 26.4 Å². The fourth-order valence-electron chi connectivity index (χ4n) is 1.82. The van der Waals surface area contributed by atoms with Crippen LogP contribution in [0.15, 0.2) is 0 Å². The maximum Gasteiger partial charge on any atom is 0.246 e. The third-order valence-electron chi connectivity index (χ3n) is 2.80. The Bertz CT molecular complexity index is 255. The van der Waals surface area contributed by atoms with E-state index in [9.17, 15) is 4.79 Å². The van der Waals surface area contributed by atoms with Gasteiger partial charge in [-0.05, 0) is 20.8 Å². The summed E-state index contributed by atoms with van der Waals surface area (Å²) >= 11 is 0. The molecule has 0 radical (unpaired) electrons. The van der Waals surface area contributed by atoms with E-state index in [0.717, 1.165) is 12.8 Å². The molecule has 1 rings (SSSR count). The lowest BCUT2D eigenvalue weighted by atomic mass is 9.94. The molecule has 0 aromatic carbocycles. The normalized spacial score (nSPS) is 20.0. The zero-order chi connectivity index (χ0) is 12.9. The number of carbonyl (C=O) groups excluding carboxylic acids is 1. The predicted molar refractivity (Wildman–Crippen MR) is 65.7 cm³/mol. The maximum atomic E-state index is 11.7. The lowest BCUT2D eigenvalue weighted by Gasteiger charge is -2.36. The van der Waals surface area contributed by atoms with Crippen molar-refractivity contribution in [3.8, 4) is 0 Å². The van der Waals surface area contributed by atoms with Gasteiger partial charge in [0, 0.05) is 38.1 Å². The summed E-state index contributed by atoms with van der Waals surface area (Å²) in [4.78, 5) is 11.7. The van der Waals surface area contributed by atoms with Gasteiger partial charge in [0.25, 0.3) is 0 Å². The monoisotopic (exact) mass is 244 g/mol. The van der Waals surface area contributed by atoms with Crippen molar-refractivity contribution in [3.05, 3.63) is 0 Å². The first kappa shape index (κ1) is 14.4. The number of rotatable bonds is 4. The second-order valence-corrected chi connectivity index (χ2v) is 5.59. The highest BCUT2D eigenvalue weighted by Crippen LogP contribution is 2.23. The third-order valence-corrected chi connectivity index (χ3v) is 2.80. The Hall–Kier alpha value is -0.650. The molecular weight excluding hydrogens is 220 g/mol. The molecule has 0 spiro atoms. The molecule has 0 bridgehead atoms. The Morgan fingerprint density at radius 1 is 1.41 bits per heavy atom. The van der Waals surface area contributed by atoms with E-state index < -0.39 is 0 Å². The molecule has 1 fully saturated rings. The van der Waals surface area contributed by atoms with E-state index in [1.807, 2.05) is 20.8 Å². The molecule has 5 heteroatoms.